The van der Waals surface area contributed by atoms with Crippen LogP contribution in [-0.4, -0.2) is 25.2 Å². The molecule has 1 aromatic rings. The summed E-state index contributed by atoms with van der Waals surface area (Å²) in [6, 6.07) is 5.18. The van der Waals surface area contributed by atoms with Gasteiger partial charge in [0.25, 0.3) is 5.59 Å². The molecule has 0 aliphatic heterocycles. The van der Waals surface area contributed by atoms with Gasteiger partial charge in [-0.05, 0) is 24.3 Å². The number of rotatable bonds is 4. The SMILES string of the molecule is O=P(O)(O)C(Oc1ccc(Cl)cc1)P(=O)(O)O. The first-order valence-corrected chi connectivity index (χ1v) is 7.87. The molecule has 0 spiro atoms. The second-order valence-electron chi connectivity index (χ2n) is 3.08. The molecule has 0 amide bonds. The molecule has 1 aromatic carbocycles. The van der Waals surface area contributed by atoms with E-state index >= 15 is 0 Å². The second-order valence-corrected chi connectivity index (χ2v) is 7.21. The Labute approximate surface area is 101 Å². The molecule has 0 saturated carbocycles. The lowest BCUT2D eigenvalue weighted by Gasteiger charge is -2.20. The highest BCUT2D eigenvalue weighted by Gasteiger charge is 2.45. The van der Waals surface area contributed by atoms with Crippen molar-refractivity contribution in [3.05, 3.63) is 29.3 Å². The molecule has 0 unspecified atom stereocenters. The average molecular weight is 303 g/mol. The van der Waals surface area contributed by atoms with Crippen molar-refractivity contribution in [1.82, 2.24) is 0 Å². The van der Waals surface area contributed by atoms with E-state index in [0.717, 1.165) is 0 Å². The number of hydrogen-bond donors (Lipinski definition) is 4. The summed E-state index contributed by atoms with van der Waals surface area (Å²) in [5.41, 5.74) is -2.52. The average Bonchev–Trinajstić information content (AvgIpc) is 2.13. The van der Waals surface area contributed by atoms with Crippen LogP contribution in [0.15, 0.2) is 24.3 Å². The van der Waals surface area contributed by atoms with E-state index in [0.29, 0.717) is 5.02 Å². The molecule has 7 nitrogen and oxygen atoms in total. The predicted octanol–water partition coefficient (Wildman–Crippen LogP) is 1.36. The molecule has 0 heterocycles. The van der Waals surface area contributed by atoms with E-state index < -0.39 is 20.8 Å². The first kappa shape index (κ1) is 14.7. The van der Waals surface area contributed by atoms with Gasteiger partial charge in [0.05, 0.1) is 0 Å². The minimum absolute atomic E-state index is 0.106. The van der Waals surface area contributed by atoms with Crippen molar-refractivity contribution >= 4 is 26.8 Å². The zero-order valence-corrected chi connectivity index (χ0v) is 10.7. The smallest absolute Gasteiger partial charge is 0.378 e. The molecule has 0 fully saturated rings. The van der Waals surface area contributed by atoms with E-state index in [1.165, 1.54) is 24.3 Å². The standard InChI is InChI=1S/C7H9ClO7P2/c8-5-1-3-6(4-2-5)15-7(16(9,10)11)17(12,13)14/h1-4,7H,(H2,9,10,11)(H2,12,13,14). The lowest BCUT2D eigenvalue weighted by Crippen LogP contribution is -2.17. The zero-order valence-electron chi connectivity index (χ0n) is 8.17. The molecule has 0 bridgehead atoms. The molecule has 0 aliphatic carbocycles. The maximum atomic E-state index is 10.9. The Balaban J connectivity index is 3.00. The third-order valence-electron chi connectivity index (χ3n) is 1.63. The van der Waals surface area contributed by atoms with Gasteiger partial charge < -0.3 is 24.3 Å². The molecular formula is C7H9ClO7P2. The van der Waals surface area contributed by atoms with Crippen molar-refractivity contribution in [1.29, 1.82) is 0 Å². The Hall–Kier alpha value is -0.390. The minimum atomic E-state index is -5.09. The van der Waals surface area contributed by atoms with Crippen molar-refractivity contribution in [2.75, 3.05) is 0 Å². The van der Waals surface area contributed by atoms with Gasteiger partial charge in [0, 0.05) is 5.02 Å². The fourth-order valence-corrected chi connectivity index (χ4v) is 3.18. The molecular weight excluding hydrogens is 293 g/mol. The second kappa shape index (κ2) is 5.08. The van der Waals surface area contributed by atoms with E-state index in [-0.39, 0.29) is 5.75 Å². The molecule has 0 saturated heterocycles. The van der Waals surface area contributed by atoms with Crippen molar-refractivity contribution in [2.24, 2.45) is 0 Å². The highest BCUT2D eigenvalue weighted by atomic mass is 35.5. The Morgan fingerprint density at radius 3 is 1.76 bits per heavy atom. The van der Waals surface area contributed by atoms with Gasteiger partial charge in [-0.15, -0.1) is 0 Å². The Morgan fingerprint density at radius 2 is 1.41 bits per heavy atom. The zero-order chi connectivity index (χ0) is 13.3. The fraction of sp³-hybridized carbons (Fsp3) is 0.143. The summed E-state index contributed by atoms with van der Waals surface area (Å²) in [5, 5.41) is 0.348. The van der Waals surface area contributed by atoms with E-state index in [4.69, 9.17) is 31.2 Å². The quantitative estimate of drug-likeness (QED) is 0.619. The molecule has 0 radical (unpaired) electrons. The van der Waals surface area contributed by atoms with Crippen molar-refractivity contribution in [3.63, 3.8) is 0 Å². The third-order valence-corrected chi connectivity index (χ3v) is 5.05. The number of ether oxygens (including phenoxy) is 1. The Bertz CT molecular complexity index is 454. The van der Waals surface area contributed by atoms with Crippen LogP contribution in [0.1, 0.15) is 0 Å². The largest absolute Gasteiger partial charge is 0.465 e. The predicted molar refractivity (Wildman–Crippen MR) is 60.0 cm³/mol. The van der Waals surface area contributed by atoms with Gasteiger partial charge in [-0.2, -0.15) is 0 Å². The third kappa shape index (κ3) is 4.41. The Kier molecular flexibility index (Phi) is 4.38. The number of benzene rings is 1. The van der Waals surface area contributed by atoms with Crippen LogP contribution in [0.2, 0.25) is 5.02 Å². The van der Waals surface area contributed by atoms with Gasteiger partial charge in [-0.1, -0.05) is 11.6 Å². The first-order chi connectivity index (χ1) is 7.60. The van der Waals surface area contributed by atoms with Crippen LogP contribution in [0.4, 0.5) is 0 Å². The maximum Gasteiger partial charge on any atom is 0.378 e. The topological polar surface area (TPSA) is 124 Å². The van der Waals surface area contributed by atoms with E-state index in [1.54, 1.807) is 0 Å². The fourth-order valence-electron chi connectivity index (χ4n) is 0.968. The summed E-state index contributed by atoms with van der Waals surface area (Å²) in [6.45, 7) is 0. The van der Waals surface area contributed by atoms with Crippen molar-refractivity contribution in [3.8, 4) is 5.75 Å². The van der Waals surface area contributed by atoms with Gasteiger partial charge in [0.15, 0.2) is 0 Å². The highest BCUT2D eigenvalue weighted by Crippen LogP contribution is 2.60. The summed E-state index contributed by atoms with van der Waals surface area (Å²) in [7, 11) is -10.2. The van der Waals surface area contributed by atoms with Crippen LogP contribution >= 0.6 is 26.8 Å². The monoisotopic (exact) mass is 302 g/mol. The Morgan fingerprint density at radius 1 is 1.00 bits per heavy atom. The van der Waals surface area contributed by atoms with E-state index in [9.17, 15) is 9.13 Å². The maximum absolute atomic E-state index is 10.9. The van der Waals surface area contributed by atoms with Crippen LogP contribution in [0, 0.1) is 0 Å². The molecule has 0 aromatic heterocycles. The minimum Gasteiger partial charge on any atom is -0.465 e. The van der Waals surface area contributed by atoms with Gasteiger partial charge in [-0.3, -0.25) is 9.13 Å². The van der Waals surface area contributed by atoms with Crippen LogP contribution in [0.3, 0.4) is 0 Å². The van der Waals surface area contributed by atoms with E-state index in [1.807, 2.05) is 0 Å². The van der Waals surface area contributed by atoms with E-state index in [2.05, 4.69) is 4.74 Å². The number of halogens is 1. The molecule has 1 rings (SSSR count). The summed E-state index contributed by atoms with van der Waals surface area (Å²) in [4.78, 5) is 35.2. The van der Waals surface area contributed by atoms with Gasteiger partial charge in [-0.25, -0.2) is 0 Å². The van der Waals surface area contributed by atoms with Gasteiger partial charge in [0.1, 0.15) is 5.75 Å². The summed E-state index contributed by atoms with van der Waals surface area (Å²) >= 11 is 5.57. The van der Waals surface area contributed by atoms with Crippen LogP contribution in [0.25, 0.3) is 0 Å². The molecule has 0 atom stereocenters. The number of hydrogen-bond acceptors (Lipinski definition) is 3. The lowest BCUT2D eigenvalue weighted by molar-refractivity contribution is 0.236. The van der Waals surface area contributed by atoms with Gasteiger partial charge in [0.2, 0.25) is 0 Å². The summed E-state index contributed by atoms with van der Waals surface area (Å²) in [6.07, 6.45) is 0. The molecule has 17 heavy (non-hydrogen) atoms. The van der Waals surface area contributed by atoms with Crippen LogP contribution in [0.5, 0.6) is 5.75 Å². The summed E-state index contributed by atoms with van der Waals surface area (Å²) in [5.74, 6) is -0.106. The highest BCUT2D eigenvalue weighted by molar-refractivity contribution is 7.70. The normalized spacial score (nSPS) is 12.8. The first-order valence-electron chi connectivity index (χ1n) is 4.13. The van der Waals surface area contributed by atoms with Crippen LogP contribution < -0.4 is 4.74 Å². The van der Waals surface area contributed by atoms with Crippen molar-refractivity contribution in [2.45, 2.75) is 5.59 Å². The molecule has 10 heteroatoms. The van der Waals surface area contributed by atoms with Gasteiger partial charge >= 0.3 is 15.2 Å². The summed E-state index contributed by atoms with van der Waals surface area (Å²) < 4.78 is 26.4. The lowest BCUT2D eigenvalue weighted by atomic mass is 10.3. The van der Waals surface area contributed by atoms with Crippen molar-refractivity contribution < 1.29 is 33.4 Å². The molecule has 0 aliphatic rings. The molecule has 96 valence electrons. The van der Waals surface area contributed by atoms with Crippen LogP contribution in [-0.2, 0) is 9.13 Å². The molecule has 4 N–H and O–H groups in total.